The predicted octanol–water partition coefficient (Wildman–Crippen LogP) is -0.401. The van der Waals surface area contributed by atoms with Gasteiger partial charge >= 0.3 is 0 Å². The van der Waals surface area contributed by atoms with Crippen LogP contribution in [0.25, 0.3) is 5.82 Å². The summed E-state index contributed by atoms with van der Waals surface area (Å²) in [5, 5.41) is 10.7. The molecule has 72 valence electrons. The molecule has 0 N–H and O–H groups in total. The summed E-state index contributed by atoms with van der Waals surface area (Å²) >= 11 is 0. The molecular weight excluding hydrogens is 184 g/mol. The first-order valence-corrected chi connectivity index (χ1v) is 3.93. The molecule has 0 unspecified atom stereocenters. The summed E-state index contributed by atoms with van der Waals surface area (Å²) in [6.45, 7) is 0.447. The van der Waals surface area contributed by atoms with E-state index in [2.05, 4.69) is 25.5 Å². The molecule has 0 fully saturated rings. The largest absolute Gasteiger partial charge is 0.378 e. The average molecular weight is 192 g/mol. The molecule has 0 spiro atoms. The zero-order valence-corrected chi connectivity index (χ0v) is 7.53. The second-order valence-electron chi connectivity index (χ2n) is 2.55. The van der Waals surface area contributed by atoms with Crippen molar-refractivity contribution >= 4 is 0 Å². The SMILES string of the molecule is COCc1cnc(-n2cnnn2)cn1. The van der Waals surface area contributed by atoms with Gasteiger partial charge in [0.1, 0.15) is 6.33 Å². The van der Waals surface area contributed by atoms with Crippen LogP contribution in [-0.4, -0.2) is 37.3 Å². The van der Waals surface area contributed by atoms with Gasteiger partial charge in [0.25, 0.3) is 0 Å². The number of rotatable bonds is 3. The van der Waals surface area contributed by atoms with Crippen LogP contribution in [0.15, 0.2) is 18.7 Å². The number of ether oxygens (including phenoxy) is 1. The summed E-state index contributed by atoms with van der Waals surface area (Å²) in [6, 6.07) is 0. The van der Waals surface area contributed by atoms with Crippen molar-refractivity contribution in [2.45, 2.75) is 6.61 Å². The van der Waals surface area contributed by atoms with E-state index in [0.29, 0.717) is 12.4 Å². The van der Waals surface area contributed by atoms with Gasteiger partial charge in [0, 0.05) is 7.11 Å². The summed E-state index contributed by atoms with van der Waals surface area (Å²) in [4.78, 5) is 8.24. The van der Waals surface area contributed by atoms with Crippen LogP contribution in [0.1, 0.15) is 5.69 Å². The van der Waals surface area contributed by atoms with Crippen LogP contribution in [0.4, 0.5) is 0 Å². The average Bonchev–Trinajstić information content (AvgIpc) is 2.72. The molecule has 2 aromatic rings. The molecule has 0 amide bonds. The third kappa shape index (κ3) is 1.72. The van der Waals surface area contributed by atoms with Gasteiger partial charge in [0.2, 0.25) is 0 Å². The van der Waals surface area contributed by atoms with Crippen molar-refractivity contribution in [3.8, 4) is 5.82 Å². The van der Waals surface area contributed by atoms with E-state index in [4.69, 9.17) is 4.74 Å². The fraction of sp³-hybridized carbons (Fsp3) is 0.286. The third-order valence-electron chi connectivity index (χ3n) is 1.57. The second kappa shape index (κ2) is 3.88. The molecule has 2 rings (SSSR count). The van der Waals surface area contributed by atoms with E-state index in [1.165, 1.54) is 11.0 Å². The highest BCUT2D eigenvalue weighted by atomic mass is 16.5. The maximum absolute atomic E-state index is 4.91. The minimum Gasteiger partial charge on any atom is -0.378 e. The Bertz CT molecular complexity index is 383. The number of tetrazole rings is 1. The number of hydrogen-bond donors (Lipinski definition) is 0. The molecular formula is C7H8N6O. The Morgan fingerprint density at radius 2 is 2.29 bits per heavy atom. The van der Waals surface area contributed by atoms with Crippen LogP contribution >= 0.6 is 0 Å². The fourth-order valence-corrected chi connectivity index (χ4v) is 0.955. The molecule has 2 aromatic heterocycles. The Morgan fingerprint density at radius 3 is 2.86 bits per heavy atom. The molecule has 0 aliphatic carbocycles. The van der Waals surface area contributed by atoms with Crippen molar-refractivity contribution in [3.63, 3.8) is 0 Å². The van der Waals surface area contributed by atoms with Gasteiger partial charge in [-0.2, -0.15) is 4.68 Å². The lowest BCUT2D eigenvalue weighted by molar-refractivity contribution is 0.181. The van der Waals surface area contributed by atoms with Crippen LogP contribution in [-0.2, 0) is 11.3 Å². The molecule has 14 heavy (non-hydrogen) atoms. The minimum atomic E-state index is 0.447. The van der Waals surface area contributed by atoms with E-state index in [1.54, 1.807) is 19.5 Å². The maximum Gasteiger partial charge on any atom is 0.175 e. The standard InChI is InChI=1S/C7H8N6O/c1-14-4-6-2-9-7(3-8-6)13-5-10-11-12-13/h2-3,5H,4H2,1H3. The number of hydrogen-bond acceptors (Lipinski definition) is 6. The first kappa shape index (κ1) is 8.70. The van der Waals surface area contributed by atoms with Crippen LogP contribution in [0.5, 0.6) is 0 Å². The monoisotopic (exact) mass is 192 g/mol. The van der Waals surface area contributed by atoms with Crippen molar-refractivity contribution in [3.05, 3.63) is 24.4 Å². The Hall–Kier alpha value is -1.89. The van der Waals surface area contributed by atoms with Gasteiger partial charge in [-0.1, -0.05) is 0 Å². The van der Waals surface area contributed by atoms with E-state index < -0.39 is 0 Å². The highest BCUT2D eigenvalue weighted by Gasteiger charge is 2.00. The topological polar surface area (TPSA) is 78.6 Å². The van der Waals surface area contributed by atoms with Crippen molar-refractivity contribution < 1.29 is 4.74 Å². The number of nitrogens with zero attached hydrogens (tertiary/aromatic N) is 6. The molecule has 0 aliphatic rings. The van der Waals surface area contributed by atoms with Crippen LogP contribution in [0, 0.1) is 0 Å². The third-order valence-corrected chi connectivity index (χ3v) is 1.57. The van der Waals surface area contributed by atoms with Crippen LogP contribution < -0.4 is 0 Å². The van der Waals surface area contributed by atoms with Gasteiger partial charge in [-0.15, -0.1) is 5.10 Å². The zero-order valence-electron chi connectivity index (χ0n) is 7.53. The van der Waals surface area contributed by atoms with E-state index in [-0.39, 0.29) is 0 Å². The summed E-state index contributed by atoms with van der Waals surface area (Å²) < 4.78 is 6.34. The van der Waals surface area contributed by atoms with Crippen LogP contribution in [0.3, 0.4) is 0 Å². The first-order valence-electron chi connectivity index (χ1n) is 3.93. The van der Waals surface area contributed by atoms with Gasteiger partial charge in [0.05, 0.1) is 24.7 Å². The highest BCUT2D eigenvalue weighted by Crippen LogP contribution is 1.99. The highest BCUT2D eigenvalue weighted by molar-refractivity contribution is 5.15. The molecule has 0 atom stereocenters. The lowest BCUT2D eigenvalue weighted by Crippen LogP contribution is -2.01. The van der Waals surface area contributed by atoms with Gasteiger partial charge in [-0.25, -0.2) is 4.98 Å². The summed E-state index contributed by atoms with van der Waals surface area (Å²) in [5.74, 6) is 0.579. The molecule has 0 radical (unpaired) electrons. The number of methoxy groups -OCH3 is 1. The van der Waals surface area contributed by atoms with E-state index in [0.717, 1.165) is 5.69 Å². The van der Waals surface area contributed by atoms with E-state index in [1.807, 2.05) is 0 Å². The van der Waals surface area contributed by atoms with E-state index >= 15 is 0 Å². The van der Waals surface area contributed by atoms with Gasteiger partial charge < -0.3 is 4.74 Å². The maximum atomic E-state index is 4.91. The smallest absolute Gasteiger partial charge is 0.175 e. The quantitative estimate of drug-likeness (QED) is 0.658. The lowest BCUT2D eigenvalue weighted by Gasteiger charge is -1.99. The molecule has 0 bridgehead atoms. The first-order chi connectivity index (χ1) is 6.90. The van der Waals surface area contributed by atoms with Crippen molar-refractivity contribution in [1.82, 2.24) is 30.2 Å². The molecule has 0 saturated heterocycles. The second-order valence-corrected chi connectivity index (χ2v) is 2.55. The summed E-state index contributed by atoms with van der Waals surface area (Å²) in [6.07, 6.45) is 4.67. The van der Waals surface area contributed by atoms with Crippen molar-refractivity contribution in [2.24, 2.45) is 0 Å². The molecule has 0 aliphatic heterocycles. The Balaban J connectivity index is 2.22. The molecule has 0 aromatic carbocycles. The van der Waals surface area contributed by atoms with Gasteiger partial charge in [0.15, 0.2) is 5.82 Å². The van der Waals surface area contributed by atoms with E-state index in [9.17, 15) is 0 Å². The predicted molar refractivity (Wildman–Crippen MR) is 45.5 cm³/mol. The van der Waals surface area contributed by atoms with Gasteiger partial charge in [-0.3, -0.25) is 4.98 Å². The number of aromatic nitrogens is 6. The molecule has 0 saturated carbocycles. The zero-order chi connectivity index (χ0) is 9.80. The molecule has 7 nitrogen and oxygen atoms in total. The molecule has 2 heterocycles. The summed E-state index contributed by atoms with van der Waals surface area (Å²) in [5.41, 5.74) is 0.768. The van der Waals surface area contributed by atoms with Crippen molar-refractivity contribution in [1.29, 1.82) is 0 Å². The summed E-state index contributed by atoms with van der Waals surface area (Å²) in [7, 11) is 1.61. The Morgan fingerprint density at radius 1 is 1.36 bits per heavy atom. The van der Waals surface area contributed by atoms with Crippen LogP contribution in [0.2, 0.25) is 0 Å². The lowest BCUT2D eigenvalue weighted by atomic mass is 10.5. The normalized spacial score (nSPS) is 10.4. The minimum absolute atomic E-state index is 0.447. The van der Waals surface area contributed by atoms with Crippen molar-refractivity contribution in [2.75, 3.05) is 7.11 Å². The molecule has 7 heteroatoms. The fourth-order valence-electron chi connectivity index (χ4n) is 0.955. The van der Waals surface area contributed by atoms with Gasteiger partial charge in [-0.05, 0) is 10.4 Å². The Labute approximate surface area is 79.8 Å². The Kier molecular flexibility index (Phi) is 2.41.